The molecule has 1 atom stereocenters. The van der Waals surface area contributed by atoms with Crippen molar-refractivity contribution in [1.82, 2.24) is 0 Å². The quantitative estimate of drug-likeness (QED) is 0.749. The largest absolute Gasteiger partial charge is 0.485 e. The molecule has 27 heavy (non-hydrogen) atoms. The second-order valence-electron chi connectivity index (χ2n) is 6.74. The number of fused-ring (bicyclic) bond motifs is 1. The van der Waals surface area contributed by atoms with E-state index in [2.05, 4.69) is 4.72 Å². The summed E-state index contributed by atoms with van der Waals surface area (Å²) in [6, 6.07) is 8.15. The van der Waals surface area contributed by atoms with Crippen molar-refractivity contribution in [3.8, 4) is 5.75 Å². The van der Waals surface area contributed by atoms with Gasteiger partial charge in [0.2, 0.25) is 10.0 Å². The summed E-state index contributed by atoms with van der Waals surface area (Å²) in [6.45, 7) is 3.50. The minimum absolute atomic E-state index is 0.134. The molecule has 9 heteroatoms. The summed E-state index contributed by atoms with van der Waals surface area (Å²) < 4.78 is 64.1. The molecule has 0 bridgehead atoms. The molecule has 0 spiro atoms. The highest BCUT2D eigenvalue weighted by molar-refractivity contribution is 7.92. The smallest absolute Gasteiger partial charge is 0.294 e. The monoisotopic (exact) mass is 411 g/mol. The predicted octanol–water partition coefficient (Wildman–Crippen LogP) is 2.99. The lowest BCUT2D eigenvalue weighted by atomic mass is 9.91. The third-order valence-corrected chi connectivity index (χ3v) is 6.20. The first-order valence-corrected chi connectivity index (χ1v) is 11.6. The minimum Gasteiger partial charge on any atom is -0.485 e. The Kier molecular flexibility index (Phi) is 4.96. The lowest BCUT2D eigenvalue weighted by Crippen LogP contribution is -2.19. The first-order valence-electron chi connectivity index (χ1n) is 8.30. The third kappa shape index (κ3) is 4.26. The lowest BCUT2D eigenvalue weighted by molar-refractivity contribution is 0.175. The van der Waals surface area contributed by atoms with Gasteiger partial charge in [0.05, 0.1) is 16.8 Å². The van der Waals surface area contributed by atoms with Gasteiger partial charge in [0, 0.05) is 6.07 Å². The highest BCUT2D eigenvalue weighted by Gasteiger charge is 2.27. The molecule has 0 saturated carbocycles. The lowest BCUT2D eigenvalue weighted by Gasteiger charge is -2.29. The van der Waals surface area contributed by atoms with Crippen LogP contribution in [0.4, 0.5) is 5.69 Å². The Bertz CT molecular complexity index is 1110. The van der Waals surface area contributed by atoms with Crippen LogP contribution in [0.15, 0.2) is 35.2 Å². The van der Waals surface area contributed by atoms with Crippen molar-refractivity contribution >= 4 is 25.8 Å². The van der Waals surface area contributed by atoms with E-state index in [-0.39, 0.29) is 4.90 Å². The number of hydrogen-bond donors (Lipinski definition) is 2. The van der Waals surface area contributed by atoms with Gasteiger partial charge in [-0.1, -0.05) is 12.1 Å². The summed E-state index contributed by atoms with van der Waals surface area (Å²) in [5.41, 5.74) is 3.39. The molecule has 2 aromatic carbocycles. The molecule has 0 aromatic heterocycles. The van der Waals surface area contributed by atoms with Gasteiger partial charge in [-0.3, -0.25) is 9.27 Å². The number of hydrogen-bond acceptors (Lipinski definition) is 5. The Hall–Kier alpha value is -2.10. The van der Waals surface area contributed by atoms with Crippen LogP contribution in [0.1, 0.15) is 34.8 Å². The zero-order valence-electron chi connectivity index (χ0n) is 15.2. The summed E-state index contributed by atoms with van der Waals surface area (Å²) >= 11 is 0. The molecule has 0 aliphatic carbocycles. The van der Waals surface area contributed by atoms with Crippen molar-refractivity contribution in [3.05, 3.63) is 52.6 Å². The predicted molar refractivity (Wildman–Crippen MR) is 102 cm³/mol. The average Bonchev–Trinajstić information content (AvgIpc) is 2.51. The molecule has 0 saturated heterocycles. The fourth-order valence-corrected chi connectivity index (χ4v) is 4.76. The summed E-state index contributed by atoms with van der Waals surface area (Å²) in [5.74, 6) is 0.552. The molecule has 1 aliphatic rings. The van der Waals surface area contributed by atoms with Crippen LogP contribution in [0.5, 0.6) is 5.75 Å². The Balaban J connectivity index is 2.00. The van der Waals surface area contributed by atoms with Crippen LogP contribution in [0.25, 0.3) is 0 Å². The molecule has 146 valence electrons. The fourth-order valence-electron chi connectivity index (χ4n) is 3.47. The van der Waals surface area contributed by atoms with Gasteiger partial charge in [-0.05, 0) is 61.1 Å². The van der Waals surface area contributed by atoms with Gasteiger partial charge in [0.15, 0.2) is 0 Å². The number of sulfonamides is 1. The van der Waals surface area contributed by atoms with Gasteiger partial charge >= 0.3 is 0 Å². The Morgan fingerprint density at radius 1 is 1.11 bits per heavy atom. The molecule has 2 N–H and O–H groups in total. The van der Waals surface area contributed by atoms with Gasteiger partial charge in [-0.15, -0.1) is 0 Å². The van der Waals surface area contributed by atoms with E-state index in [1.54, 1.807) is 25.1 Å². The molecule has 0 amide bonds. The maximum atomic E-state index is 11.6. The molecular formula is C18H21NO6S2. The van der Waals surface area contributed by atoms with E-state index in [9.17, 15) is 21.4 Å². The van der Waals surface area contributed by atoms with E-state index in [0.717, 1.165) is 22.9 Å². The van der Waals surface area contributed by atoms with E-state index in [0.29, 0.717) is 29.8 Å². The molecule has 1 aliphatic heterocycles. The first kappa shape index (κ1) is 19.7. The Labute approximate surface area is 159 Å². The SMILES string of the molecule is Cc1ccc(S(=O)(=O)O)c(C)c1[C@H]1CCc2ccc(NS(C)(=O)=O)cc2O1. The molecule has 7 nitrogen and oxygen atoms in total. The number of rotatable bonds is 4. The normalized spacial score (nSPS) is 17.1. The van der Waals surface area contributed by atoms with Crippen LogP contribution < -0.4 is 9.46 Å². The van der Waals surface area contributed by atoms with E-state index >= 15 is 0 Å². The van der Waals surface area contributed by atoms with Crippen LogP contribution in [-0.2, 0) is 26.6 Å². The second kappa shape index (κ2) is 6.81. The maximum Gasteiger partial charge on any atom is 0.294 e. The third-order valence-electron chi connectivity index (χ3n) is 4.60. The van der Waals surface area contributed by atoms with Crippen LogP contribution >= 0.6 is 0 Å². The van der Waals surface area contributed by atoms with E-state index in [4.69, 9.17) is 4.74 Å². The van der Waals surface area contributed by atoms with Crippen LogP contribution in [0.3, 0.4) is 0 Å². The number of ether oxygens (including phenoxy) is 1. The van der Waals surface area contributed by atoms with E-state index < -0.39 is 26.2 Å². The van der Waals surface area contributed by atoms with Gasteiger partial charge in [0.1, 0.15) is 11.9 Å². The topological polar surface area (TPSA) is 110 Å². The summed E-state index contributed by atoms with van der Waals surface area (Å²) in [7, 11) is -7.74. The van der Waals surface area contributed by atoms with Crippen molar-refractivity contribution in [1.29, 1.82) is 0 Å². The van der Waals surface area contributed by atoms with Crippen molar-refractivity contribution in [2.24, 2.45) is 0 Å². The molecule has 1 heterocycles. The first-order chi connectivity index (χ1) is 12.5. The van der Waals surface area contributed by atoms with Crippen LogP contribution in [0, 0.1) is 13.8 Å². The van der Waals surface area contributed by atoms with Crippen LogP contribution in [0.2, 0.25) is 0 Å². The van der Waals surface area contributed by atoms with Crippen molar-refractivity contribution in [2.75, 3.05) is 11.0 Å². The van der Waals surface area contributed by atoms with Gasteiger partial charge in [0.25, 0.3) is 10.1 Å². The second-order valence-corrected chi connectivity index (χ2v) is 9.87. The number of aryl methyl sites for hydroxylation is 2. The average molecular weight is 412 g/mol. The zero-order chi connectivity index (χ0) is 20.0. The molecule has 0 fully saturated rings. The summed E-state index contributed by atoms with van der Waals surface area (Å²) in [5, 5.41) is 0. The zero-order valence-corrected chi connectivity index (χ0v) is 16.8. The van der Waals surface area contributed by atoms with Crippen molar-refractivity contribution in [3.63, 3.8) is 0 Å². The Morgan fingerprint density at radius 3 is 2.44 bits per heavy atom. The highest BCUT2D eigenvalue weighted by atomic mass is 32.2. The van der Waals surface area contributed by atoms with E-state index in [1.165, 1.54) is 6.07 Å². The van der Waals surface area contributed by atoms with Gasteiger partial charge in [-0.25, -0.2) is 8.42 Å². The molecule has 2 aromatic rings. The minimum atomic E-state index is -4.33. The number of nitrogens with one attached hydrogen (secondary N) is 1. The molecular weight excluding hydrogens is 390 g/mol. The molecule has 3 rings (SSSR count). The van der Waals surface area contributed by atoms with Crippen molar-refractivity contribution < 1.29 is 26.1 Å². The molecule has 0 radical (unpaired) electrons. The summed E-state index contributed by atoms with van der Waals surface area (Å²) in [6.07, 6.45) is 2.02. The molecule has 0 unspecified atom stereocenters. The number of benzene rings is 2. The van der Waals surface area contributed by atoms with Crippen LogP contribution in [-0.4, -0.2) is 27.6 Å². The highest BCUT2D eigenvalue weighted by Crippen LogP contribution is 2.39. The van der Waals surface area contributed by atoms with Crippen molar-refractivity contribution in [2.45, 2.75) is 37.7 Å². The maximum absolute atomic E-state index is 11.6. The van der Waals surface area contributed by atoms with Gasteiger partial charge in [-0.2, -0.15) is 8.42 Å². The fraction of sp³-hybridized carbons (Fsp3) is 0.333. The Morgan fingerprint density at radius 2 is 1.81 bits per heavy atom. The number of anilines is 1. The standard InChI is InChI=1S/C18H21NO6S2/c1-11-4-9-17(27(22,23)24)12(2)18(11)15-8-6-13-5-7-14(10-16(13)25-15)19-26(3,20)21/h4-5,7,9-10,15,19H,6,8H2,1-3H3,(H,22,23,24)/t15-/m1/s1. The van der Waals surface area contributed by atoms with E-state index in [1.807, 2.05) is 13.0 Å². The summed E-state index contributed by atoms with van der Waals surface area (Å²) in [4.78, 5) is -0.134. The van der Waals surface area contributed by atoms with Gasteiger partial charge < -0.3 is 4.74 Å².